The van der Waals surface area contributed by atoms with Gasteiger partial charge in [-0.2, -0.15) is 0 Å². The number of amides is 1. The number of carbonyl (C=O) groups is 1. The van der Waals surface area contributed by atoms with Gasteiger partial charge in [0.2, 0.25) is 0 Å². The van der Waals surface area contributed by atoms with Gasteiger partial charge in [-0.1, -0.05) is 11.8 Å². The molecule has 5 heteroatoms. The van der Waals surface area contributed by atoms with Crippen molar-refractivity contribution in [3.63, 3.8) is 0 Å². The molecule has 0 aromatic carbocycles. The van der Waals surface area contributed by atoms with E-state index >= 15 is 0 Å². The van der Waals surface area contributed by atoms with Gasteiger partial charge in [0.1, 0.15) is 5.82 Å². The van der Waals surface area contributed by atoms with E-state index in [1.807, 2.05) is 13.0 Å². The second kappa shape index (κ2) is 6.45. The van der Waals surface area contributed by atoms with Crippen molar-refractivity contribution in [2.45, 2.75) is 6.92 Å². The van der Waals surface area contributed by atoms with Crippen LogP contribution in [0.1, 0.15) is 21.5 Å². The Morgan fingerprint density at radius 1 is 1.40 bits per heavy atom. The van der Waals surface area contributed by atoms with Gasteiger partial charge in [-0.3, -0.25) is 9.78 Å². The van der Waals surface area contributed by atoms with Crippen LogP contribution < -0.4 is 11.1 Å². The number of aromatic nitrogens is 2. The summed E-state index contributed by atoms with van der Waals surface area (Å²) in [4.78, 5) is 20.2. The normalized spacial score (nSPS) is 9.50. The molecule has 5 nitrogen and oxygen atoms in total. The number of hydrogen-bond acceptors (Lipinski definition) is 4. The van der Waals surface area contributed by atoms with E-state index in [0.29, 0.717) is 16.9 Å². The zero-order valence-corrected chi connectivity index (χ0v) is 11.1. The highest BCUT2D eigenvalue weighted by atomic mass is 16.1. The van der Waals surface area contributed by atoms with Crippen LogP contribution in [0.15, 0.2) is 36.8 Å². The van der Waals surface area contributed by atoms with E-state index in [1.54, 1.807) is 24.5 Å². The SMILES string of the molecule is Cc1ccnc(NC(=O)c2cncc(C#CCN)c2)c1. The van der Waals surface area contributed by atoms with Crippen LogP contribution in [-0.4, -0.2) is 22.4 Å². The molecule has 0 saturated heterocycles. The van der Waals surface area contributed by atoms with Crippen LogP contribution in [0.25, 0.3) is 0 Å². The minimum atomic E-state index is -0.271. The van der Waals surface area contributed by atoms with E-state index in [4.69, 9.17) is 5.73 Å². The van der Waals surface area contributed by atoms with Crippen molar-refractivity contribution in [1.82, 2.24) is 9.97 Å². The molecule has 0 bridgehead atoms. The first-order chi connectivity index (χ1) is 9.69. The molecule has 0 aliphatic rings. The highest BCUT2D eigenvalue weighted by Crippen LogP contribution is 2.08. The molecule has 20 heavy (non-hydrogen) atoms. The van der Waals surface area contributed by atoms with Gasteiger partial charge < -0.3 is 11.1 Å². The summed E-state index contributed by atoms with van der Waals surface area (Å²) in [6.07, 6.45) is 4.72. The monoisotopic (exact) mass is 266 g/mol. The van der Waals surface area contributed by atoms with E-state index in [9.17, 15) is 4.79 Å². The topological polar surface area (TPSA) is 80.9 Å². The molecule has 1 amide bonds. The van der Waals surface area contributed by atoms with E-state index in [-0.39, 0.29) is 12.5 Å². The van der Waals surface area contributed by atoms with Crippen molar-refractivity contribution >= 4 is 11.7 Å². The maximum absolute atomic E-state index is 12.1. The smallest absolute Gasteiger partial charge is 0.258 e. The second-order valence-electron chi connectivity index (χ2n) is 4.14. The first kappa shape index (κ1) is 13.7. The molecular weight excluding hydrogens is 252 g/mol. The van der Waals surface area contributed by atoms with Crippen LogP contribution >= 0.6 is 0 Å². The van der Waals surface area contributed by atoms with E-state index in [1.165, 1.54) is 6.20 Å². The average Bonchev–Trinajstić information content (AvgIpc) is 2.45. The predicted octanol–water partition coefficient (Wildman–Crippen LogP) is 1.35. The van der Waals surface area contributed by atoms with Crippen LogP contribution in [0.5, 0.6) is 0 Å². The summed E-state index contributed by atoms with van der Waals surface area (Å²) >= 11 is 0. The molecular formula is C15H14N4O. The Bertz CT molecular complexity index is 686. The minimum Gasteiger partial charge on any atom is -0.320 e. The Morgan fingerprint density at radius 2 is 2.25 bits per heavy atom. The van der Waals surface area contributed by atoms with Gasteiger partial charge in [0.15, 0.2) is 0 Å². The molecule has 0 spiro atoms. The van der Waals surface area contributed by atoms with Gasteiger partial charge in [0, 0.05) is 24.2 Å². The quantitative estimate of drug-likeness (QED) is 0.804. The molecule has 0 aliphatic heterocycles. The number of hydrogen-bond donors (Lipinski definition) is 2. The lowest BCUT2D eigenvalue weighted by Gasteiger charge is -2.05. The minimum absolute atomic E-state index is 0.267. The van der Waals surface area contributed by atoms with Gasteiger partial charge in [-0.25, -0.2) is 4.98 Å². The van der Waals surface area contributed by atoms with Crippen molar-refractivity contribution in [2.24, 2.45) is 5.73 Å². The maximum Gasteiger partial charge on any atom is 0.258 e. The number of pyridine rings is 2. The van der Waals surface area contributed by atoms with E-state index in [2.05, 4.69) is 27.1 Å². The lowest BCUT2D eigenvalue weighted by Crippen LogP contribution is -2.13. The summed E-state index contributed by atoms with van der Waals surface area (Å²) in [5.74, 6) is 5.80. The fraction of sp³-hybridized carbons (Fsp3) is 0.133. The lowest BCUT2D eigenvalue weighted by molar-refractivity contribution is 0.102. The molecule has 3 N–H and O–H groups in total. The van der Waals surface area contributed by atoms with Gasteiger partial charge in [-0.15, -0.1) is 0 Å². The first-order valence-electron chi connectivity index (χ1n) is 6.07. The number of carbonyl (C=O) groups excluding carboxylic acids is 1. The van der Waals surface area contributed by atoms with Crippen molar-refractivity contribution in [3.8, 4) is 11.8 Å². The van der Waals surface area contributed by atoms with Crippen LogP contribution in [0, 0.1) is 18.8 Å². The van der Waals surface area contributed by atoms with Crippen LogP contribution in [0.4, 0.5) is 5.82 Å². The molecule has 0 atom stereocenters. The summed E-state index contributed by atoms with van der Waals surface area (Å²) in [5, 5.41) is 2.72. The Labute approximate surface area is 117 Å². The van der Waals surface area contributed by atoms with Gasteiger partial charge in [0.25, 0.3) is 5.91 Å². The number of nitrogens with two attached hydrogens (primary N) is 1. The number of nitrogens with zero attached hydrogens (tertiary/aromatic N) is 2. The molecule has 0 aliphatic carbocycles. The largest absolute Gasteiger partial charge is 0.320 e. The molecule has 0 fully saturated rings. The Balaban J connectivity index is 2.17. The molecule has 100 valence electrons. The van der Waals surface area contributed by atoms with Crippen molar-refractivity contribution in [3.05, 3.63) is 53.5 Å². The summed E-state index contributed by atoms with van der Waals surface area (Å²) in [7, 11) is 0. The zero-order valence-electron chi connectivity index (χ0n) is 11.1. The summed E-state index contributed by atoms with van der Waals surface area (Å²) in [6, 6.07) is 5.32. The Kier molecular flexibility index (Phi) is 4.43. The molecule has 0 saturated carbocycles. The van der Waals surface area contributed by atoms with Gasteiger partial charge >= 0.3 is 0 Å². The summed E-state index contributed by atoms with van der Waals surface area (Å²) < 4.78 is 0. The van der Waals surface area contributed by atoms with E-state index in [0.717, 1.165) is 5.56 Å². The third-order valence-electron chi connectivity index (χ3n) is 2.49. The van der Waals surface area contributed by atoms with E-state index < -0.39 is 0 Å². The fourth-order valence-electron chi connectivity index (χ4n) is 1.58. The molecule has 0 unspecified atom stereocenters. The fourth-order valence-corrected chi connectivity index (χ4v) is 1.58. The van der Waals surface area contributed by atoms with Crippen LogP contribution in [-0.2, 0) is 0 Å². The average molecular weight is 266 g/mol. The predicted molar refractivity (Wildman–Crippen MR) is 77.1 cm³/mol. The highest BCUT2D eigenvalue weighted by Gasteiger charge is 2.07. The van der Waals surface area contributed by atoms with Crippen molar-refractivity contribution in [2.75, 3.05) is 11.9 Å². The lowest BCUT2D eigenvalue weighted by atomic mass is 10.2. The van der Waals surface area contributed by atoms with Crippen molar-refractivity contribution < 1.29 is 4.79 Å². The van der Waals surface area contributed by atoms with Gasteiger partial charge in [0.05, 0.1) is 12.1 Å². The van der Waals surface area contributed by atoms with Crippen molar-refractivity contribution in [1.29, 1.82) is 0 Å². The van der Waals surface area contributed by atoms with Gasteiger partial charge in [-0.05, 0) is 30.7 Å². The molecule has 2 heterocycles. The summed E-state index contributed by atoms with van der Waals surface area (Å²) in [6.45, 7) is 2.20. The standard InChI is InChI=1S/C15H14N4O/c1-11-4-6-18-14(7-11)19-15(20)13-8-12(3-2-5-16)9-17-10-13/h4,6-10H,5,16H2,1H3,(H,18,19,20). The van der Waals surface area contributed by atoms with Crippen LogP contribution in [0.3, 0.4) is 0 Å². The number of aryl methyl sites for hydroxylation is 1. The number of anilines is 1. The molecule has 0 radical (unpaired) electrons. The third-order valence-corrected chi connectivity index (χ3v) is 2.49. The first-order valence-corrected chi connectivity index (χ1v) is 6.07. The highest BCUT2D eigenvalue weighted by molar-refractivity contribution is 6.03. The zero-order chi connectivity index (χ0) is 14.4. The number of rotatable bonds is 2. The molecule has 2 rings (SSSR count). The molecule has 2 aromatic heterocycles. The third kappa shape index (κ3) is 3.64. The maximum atomic E-state index is 12.1. The Morgan fingerprint density at radius 3 is 3.00 bits per heavy atom. The second-order valence-corrected chi connectivity index (χ2v) is 4.14. The molecule has 2 aromatic rings. The number of nitrogens with one attached hydrogen (secondary N) is 1. The van der Waals surface area contributed by atoms with Crippen LogP contribution in [0.2, 0.25) is 0 Å². The summed E-state index contributed by atoms with van der Waals surface area (Å²) in [5.41, 5.74) is 7.41. The Hall–Kier alpha value is -2.71.